The third kappa shape index (κ3) is 7.68. The van der Waals surface area contributed by atoms with Crippen molar-refractivity contribution in [3.05, 3.63) is 77.7 Å². The van der Waals surface area contributed by atoms with Gasteiger partial charge in [-0.1, -0.05) is 52.0 Å². The maximum absolute atomic E-state index is 14.5. The van der Waals surface area contributed by atoms with Crippen LogP contribution in [0, 0.1) is 5.82 Å². The number of aryl methyl sites for hydroxylation is 1. The van der Waals surface area contributed by atoms with Gasteiger partial charge in [0, 0.05) is 5.56 Å². The molecule has 0 radical (unpaired) electrons. The van der Waals surface area contributed by atoms with Crippen LogP contribution in [-0.2, 0) is 6.42 Å². The molecule has 5 heteroatoms. The summed E-state index contributed by atoms with van der Waals surface area (Å²) in [4.78, 5) is 16.8. The van der Waals surface area contributed by atoms with E-state index in [0.717, 1.165) is 61.1 Å². The predicted octanol–water partition coefficient (Wildman–Crippen LogP) is 7.80. The summed E-state index contributed by atoms with van der Waals surface area (Å²) in [5, 5.41) is 0. The van der Waals surface area contributed by atoms with Crippen LogP contribution < -0.4 is 9.47 Å². The Labute approximate surface area is 202 Å². The number of esters is 1. The lowest BCUT2D eigenvalue weighted by atomic mass is 10.0. The first-order valence-corrected chi connectivity index (χ1v) is 12.3. The van der Waals surface area contributed by atoms with Gasteiger partial charge in [-0.15, -0.1) is 0 Å². The molecule has 1 heterocycles. The van der Waals surface area contributed by atoms with Crippen molar-refractivity contribution < 1.29 is 18.7 Å². The number of ether oxygens (including phenoxy) is 2. The topological polar surface area (TPSA) is 48.4 Å². The minimum absolute atomic E-state index is 0.0732. The number of carbonyl (C=O) groups is 1. The van der Waals surface area contributed by atoms with Gasteiger partial charge in [-0.3, -0.25) is 4.98 Å². The highest BCUT2D eigenvalue weighted by molar-refractivity contribution is 5.91. The molecule has 0 saturated carbocycles. The second kappa shape index (κ2) is 13.5. The monoisotopic (exact) mass is 463 g/mol. The molecule has 1 aromatic heterocycles. The lowest BCUT2D eigenvalue weighted by Crippen LogP contribution is -2.11. The molecule has 0 N–H and O–H groups in total. The second-order valence-electron chi connectivity index (χ2n) is 8.47. The van der Waals surface area contributed by atoms with Gasteiger partial charge in [-0.25, -0.2) is 9.18 Å². The molecule has 2 aromatic carbocycles. The van der Waals surface area contributed by atoms with Gasteiger partial charge in [0.1, 0.15) is 17.3 Å². The third-order valence-corrected chi connectivity index (χ3v) is 5.69. The van der Waals surface area contributed by atoms with E-state index in [1.807, 2.05) is 24.3 Å². The predicted molar refractivity (Wildman–Crippen MR) is 134 cm³/mol. The van der Waals surface area contributed by atoms with E-state index >= 15 is 0 Å². The molecule has 0 unspecified atom stereocenters. The van der Waals surface area contributed by atoms with Crippen molar-refractivity contribution in [3.63, 3.8) is 0 Å². The summed E-state index contributed by atoms with van der Waals surface area (Å²) >= 11 is 0. The largest absolute Gasteiger partial charge is 0.494 e. The number of benzene rings is 2. The van der Waals surface area contributed by atoms with Crippen molar-refractivity contribution in [2.45, 2.75) is 65.2 Å². The fourth-order valence-electron chi connectivity index (χ4n) is 3.67. The van der Waals surface area contributed by atoms with Crippen LogP contribution in [0.1, 0.15) is 74.7 Å². The molecule has 4 nitrogen and oxygen atoms in total. The zero-order valence-electron chi connectivity index (χ0n) is 20.2. The van der Waals surface area contributed by atoms with E-state index in [9.17, 15) is 9.18 Å². The number of aromatic nitrogens is 1. The third-order valence-electron chi connectivity index (χ3n) is 5.69. The highest BCUT2D eigenvalue weighted by atomic mass is 19.1. The number of hydrogen-bond donors (Lipinski definition) is 0. The fraction of sp³-hybridized carbons (Fsp3) is 0.379. The van der Waals surface area contributed by atoms with E-state index in [4.69, 9.17) is 9.47 Å². The molecule has 0 saturated heterocycles. The molecule has 0 bridgehead atoms. The zero-order chi connectivity index (χ0) is 24.2. The van der Waals surface area contributed by atoms with Crippen LogP contribution in [-0.4, -0.2) is 17.6 Å². The fourth-order valence-corrected chi connectivity index (χ4v) is 3.67. The molecule has 3 rings (SSSR count). The maximum atomic E-state index is 14.5. The molecule has 0 fully saturated rings. The minimum Gasteiger partial charge on any atom is -0.494 e. The first kappa shape index (κ1) is 25.4. The Morgan fingerprint density at radius 2 is 1.59 bits per heavy atom. The summed E-state index contributed by atoms with van der Waals surface area (Å²) in [5.74, 6) is -0.180. The van der Waals surface area contributed by atoms with Crippen molar-refractivity contribution in [1.29, 1.82) is 0 Å². The Morgan fingerprint density at radius 3 is 2.26 bits per heavy atom. The summed E-state index contributed by atoms with van der Waals surface area (Å²) in [5.41, 5.74) is 2.50. The second-order valence-corrected chi connectivity index (χ2v) is 8.47. The minimum atomic E-state index is -0.728. The van der Waals surface area contributed by atoms with Gasteiger partial charge in [0.25, 0.3) is 0 Å². The average Bonchev–Trinajstić information content (AvgIpc) is 2.85. The first-order chi connectivity index (χ1) is 16.6. The SMILES string of the molecule is CCCCCCc1ccc(C(=O)Oc2ccc(-c3ccc(OCCCCC)cc3)nc2)c(F)c1. The Balaban J connectivity index is 1.55. The normalized spacial score (nSPS) is 10.8. The molecule has 180 valence electrons. The van der Waals surface area contributed by atoms with E-state index in [1.165, 1.54) is 31.2 Å². The lowest BCUT2D eigenvalue weighted by molar-refractivity contribution is 0.0729. The van der Waals surface area contributed by atoms with Crippen molar-refractivity contribution in [2.75, 3.05) is 6.61 Å². The van der Waals surface area contributed by atoms with E-state index in [1.54, 1.807) is 18.2 Å². The van der Waals surface area contributed by atoms with Crippen molar-refractivity contribution in [2.24, 2.45) is 0 Å². The molecule has 0 amide bonds. The Morgan fingerprint density at radius 1 is 0.853 bits per heavy atom. The number of hydrogen-bond acceptors (Lipinski definition) is 4. The van der Waals surface area contributed by atoms with Gasteiger partial charge < -0.3 is 9.47 Å². The van der Waals surface area contributed by atoms with Crippen molar-refractivity contribution in [1.82, 2.24) is 4.98 Å². The lowest BCUT2D eigenvalue weighted by Gasteiger charge is -2.09. The van der Waals surface area contributed by atoms with E-state index in [-0.39, 0.29) is 11.3 Å². The number of pyridine rings is 1. The van der Waals surface area contributed by atoms with Crippen molar-refractivity contribution >= 4 is 5.97 Å². The molecule has 3 aromatic rings. The van der Waals surface area contributed by atoms with Gasteiger partial charge in [-0.05, 0) is 73.4 Å². The highest BCUT2D eigenvalue weighted by Gasteiger charge is 2.15. The van der Waals surface area contributed by atoms with Crippen LogP contribution in [0.5, 0.6) is 11.5 Å². The first-order valence-electron chi connectivity index (χ1n) is 12.3. The highest BCUT2D eigenvalue weighted by Crippen LogP contribution is 2.23. The number of carbonyl (C=O) groups excluding carboxylic acids is 1. The molecule has 0 spiro atoms. The van der Waals surface area contributed by atoms with E-state index in [2.05, 4.69) is 18.8 Å². The molecular formula is C29H34FNO3. The van der Waals surface area contributed by atoms with E-state index < -0.39 is 11.8 Å². The number of nitrogens with zero attached hydrogens (tertiary/aromatic N) is 1. The average molecular weight is 464 g/mol. The molecular weight excluding hydrogens is 429 g/mol. The summed E-state index contributed by atoms with van der Waals surface area (Å²) in [6, 6.07) is 15.9. The summed E-state index contributed by atoms with van der Waals surface area (Å²) in [7, 11) is 0. The van der Waals surface area contributed by atoms with Crippen LogP contribution in [0.3, 0.4) is 0 Å². The van der Waals surface area contributed by atoms with Crippen LogP contribution in [0.2, 0.25) is 0 Å². The molecule has 0 aliphatic rings. The Kier molecular flexibility index (Phi) is 10.1. The molecule has 34 heavy (non-hydrogen) atoms. The summed E-state index contributed by atoms with van der Waals surface area (Å²) in [6.07, 6.45) is 10.1. The van der Waals surface area contributed by atoms with Crippen LogP contribution in [0.15, 0.2) is 60.8 Å². The van der Waals surface area contributed by atoms with Gasteiger partial charge >= 0.3 is 5.97 Å². The van der Waals surface area contributed by atoms with Crippen molar-refractivity contribution in [3.8, 4) is 22.8 Å². The molecule has 0 atom stereocenters. The summed E-state index contributed by atoms with van der Waals surface area (Å²) < 4.78 is 25.6. The smallest absolute Gasteiger partial charge is 0.346 e. The van der Waals surface area contributed by atoms with Gasteiger partial charge in [-0.2, -0.15) is 0 Å². The van der Waals surface area contributed by atoms with Gasteiger partial charge in [0.05, 0.1) is 24.1 Å². The zero-order valence-corrected chi connectivity index (χ0v) is 20.2. The van der Waals surface area contributed by atoms with Gasteiger partial charge in [0.15, 0.2) is 0 Å². The molecule has 0 aliphatic heterocycles. The van der Waals surface area contributed by atoms with Crippen LogP contribution >= 0.6 is 0 Å². The van der Waals surface area contributed by atoms with Crippen LogP contribution in [0.25, 0.3) is 11.3 Å². The standard InChI is InChI=1S/C29H34FNO3/c1-3-5-7-8-10-22-11-17-26(27(30)20-22)29(32)34-25-16-18-28(31-21-25)23-12-14-24(15-13-23)33-19-9-6-4-2/h11-18,20-21H,3-10,19H2,1-2H3. The van der Waals surface area contributed by atoms with E-state index in [0.29, 0.717) is 6.61 Å². The number of unbranched alkanes of at least 4 members (excludes halogenated alkanes) is 5. The Bertz CT molecular complexity index is 1030. The summed E-state index contributed by atoms with van der Waals surface area (Å²) in [6.45, 7) is 5.04. The van der Waals surface area contributed by atoms with Crippen LogP contribution in [0.4, 0.5) is 4.39 Å². The maximum Gasteiger partial charge on any atom is 0.346 e. The quantitative estimate of drug-likeness (QED) is 0.192. The Hall–Kier alpha value is -3.21. The number of rotatable bonds is 13. The van der Waals surface area contributed by atoms with Gasteiger partial charge in [0.2, 0.25) is 0 Å². The number of halogens is 1. The molecule has 0 aliphatic carbocycles.